The number of carbonyl (C=O) groups is 3. The summed E-state index contributed by atoms with van der Waals surface area (Å²) in [6.07, 6.45) is 4.29. The number of amides is 1. The number of nitrogens with one attached hydrogen (secondary N) is 2. The van der Waals surface area contributed by atoms with E-state index in [9.17, 15) is 14.4 Å². The number of pyridine rings is 1. The monoisotopic (exact) mass is 495 g/mol. The summed E-state index contributed by atoms with van der Waals surface area (Å²) in [6, 6.07) is 8.36. The fourth-order valence-electron chi connectivity index (χ4n) is 5.03. The van der Waals surface area contributed by atoms with Crippen molar-refractivity contribution >= 4 is 17.5 Å². The number of nitrogens with zero attached hydrogens (tertiary/aromatic N) is 1. The SMILES string of the molecule is Cc1cc(OCC(C)C)ccc1C(=O)C1C(=O)C(=O)N(CCC[NH+]2CCOCC2)C1c1ccc[nH+]c1. The average molecular weight is 496 g/mol. The summed E-state index contributed by atoms with van der Waals surface area (Å²) in [4.78, 5) is 46.3. The maximum atomic E-state index is 13.8. The molecule has 1 aromatic carbocycles. The molecule has 192 valence electrons. The van der Waals surface area contributed by atoms with E-state index in [0.29, 0.717) is 30.4 Å². The molecule has 4 rings (SSSR count). The molecular formula is C28H37N3O5+2. The van der Waals surface area contributed by atoms with E-state index >= 15 is 0 Å². The Labute approximate surface area is 212 Å². The molecule has 2 aliphatic heterocycles. The van der Waals surface area contributed by atoms with Crippen molar-refractivity contribution < 1.29 is 33.7 Å². The predicted molar refractivity (Wildman–Crippen MR) is 133 cm³/mol. The van der Waals surface area contributed by atoms with Crippen LogP contribution in [0.15, 0.2) is 42.7 Å². The van der Waals surface area contributed by atoms with E-state index in [1.807, 2.05) is 25.1 Å². The van der Waals surface area contributed by atoms with E-state index in [1.54, 1.807) is 29.4 Å². The van der Waals surface area contributed by atoms with Crippen LogP contribution in [0, 0.1) is 18.8 Å². The van der Waals surface area contributed by atoms with Gasteiger partial charge in [0, 0.05) is 30.2 Å². The molecule has 2 aliphatic rings. The molecule has 8 nitrogen and oxygen atoms in total. The van der Waals surface area contributed by atoms with Crippen molar-refractivity contribution in [1.29, 1.82) is 0 Å². The number of carbonyl (C=O) groups excluding carboxylic acids is 3. The van der Waals surface area contributed by atoms with Gasteiger partial charge in [0.1, 0.15) is 24.8 Å². The molecule has 0 bridgehead atoms. The van der Waals surface area contributed by atoms with Crippen molar-refractivity contribution in [3.8, 4) is 5.75 Å². The number of hydrogen-bond acceptors (Lipinski definition) is 5. The fraction of sp³-hybridized carbons (Fsp3) is 0.500. The van der Waals surface area contributed by atoms with Crippen LogP contribution in [0.3, 0.4) is 0 Å². The second-order valence-corrected chi connectivity index (χ2v) is 10.1. The third kappa shape index (κ3) is 5.82. The zero-order chi connectivity index (χ0) is 25.7. The maximum absolute atomic E-state index is 13.8. The van der Waals surface area contributed by atoms with Gasteiger partial charge in [-0.3, -0.25) is 14.4 Å². The molecule has 2 saturated heterocycles. The number of hydrogen-bond donors (Lipinski definition) is 1. The zero-order valence-corrected chi connectivity index (χ0v) is 21.4. The predicted octanol–water partition coefficient (Wildman–Crippen LogP) is 1.10. The first-order valence-electron chi connectivity index (χ1n) is 12.9. The summed E-state index contributed by atoms with van der Waals surface area (Å²) in [7, 11) is 0. The smallest absolute Gasteiger partial charge is 0.291 e. The van der Waals surface area contributed by atoms with Gasteiger partial charge in [-0.2, -0.15) is 0 Å². The Bertz CT molecular complexity index is 1080. The zero-order valence-electron chi connectivity index (χ0n) is 21.4. The van der Waals surface area contributed by atoms with Gasteiger partial charge in [0.25, 0.3) is 5.91 Å². The summed E-state index contributed by atoms with van der Waals surface area (Å²) in [5, 5.41) is 0. The highest BCUT2D eigenvalue weighted by Crippen LogP contribution is 2.38. The molecule has 0 spiro atoms. The second-order valence-electron chi connectivity index (χ2n) is 10.1. The number of likely N-dealkylation sites (tertiary alicyclic amines) is 1. The van der Waals surface area contributed by atoms with Gasteiger partial charge in [-0.05, 0) is 42.7 Å². The van der Waals surface area contributed by atoms with Crippen LogP contribution in [0.4, 0.5) is 0 Å². The van der Waals surface area contributed by atoms with Crippen molar-refractivity contribution in [1.82, 2.24) is 4.90 Å². The first-order valence-corrected chi connectivity index (χ1v) is 12.9. The van der Waals surface area contributed by atoms with Crippen LogP contribution < -0.4 is 14.6 Å². The van der Waals surface area contributed by atoms with E-state index in [0.717, 1.165) is 50.4 Å². The number of H-pyrrole nitrogens is 1. The van der Waals surface area contributed by atoms with Crippen molar-refractivity contribution in [3.05, 3.63) is 59.4 Å². The van der Waals surface area contributed by atoms with Crippen LogP contribution >= 0.6 is 0 Å². The van der Waals surface area contributed by atoms with E-state index in [4.69, 9.17) is 9.47 Å². The number of rotatable bonds is 10. The van der Waals surface area contributed by atoms with E-state index in [2.05, 4.69) is 18.8 Å². The molecule has 0 radical (unpaired) electrons. The standard InChI is InChI=1S/C28H35N3O5/c1-19(2)18-36-22-7-8-23(20(3)16-22)26(32)24-25(21-6-4-9-29-17-21)31(28(34)27(24)33)11-5-10-30-12-14-35-15-13-30/h4,6-9,16-17,19,24-25H,5,10-15,18H2,1-3H3/p+2. The highest BCUT2D eigenvalue weighted by molar-refractivity contribution is 6.44. The topological polar surface area (TPSA) is 91.5 Å². The van der Waals surface area contributed by atoms with Crippen LogP contribution in [-0.4, -0.2) is 68.4 Å². The van der Waals surface area contributed by atoms with Gasteiger partial charge in [-0.25, -0.2) is 4.98 Å². The van der Waals surface area contributed by atoms with Crippen LogP contribution in [-0.2, 0) is 14.3 Å². The summed E-state index contributed by atoms with van der Waals surface area (Å²) >= 11 is 0. The van der Waals surface area contributed by atoms with Crippen LogP contribution in [0.1, 0.15) is 47.8 Å². The van der Waals surface area contributed by atoms with Gasteiger partial charge in [0.2, 0.25) is 5.78 Å². The van der Waals surface area contributed by atoms with Gasteiger partial charge in [0.15, 0.2) is 18.2 Å². The van der Waals surface area contributed by atoms with Gasteiger partial charge >= 0.3 is 0 Å². The molecule has 3 heterocycles. The molecule has 2 N–H and O–H groups in total. The third-order valence-electron chi connectivity index (χ3n) is 6.94. The fourth-order valence-corrected chi connectivity index (χ4v) is 5.03. The molecule has 8 heteroatoms. The van der Waals surface area contributed by atoms with Crippen molar-refractivity contribution in [2.45, 2.75) is 33.2 Å². The second kappa shape index (κ2) is 11.8. The number of ketones is 2. The first-order chi connectivity index (χ1) is 17.4. The number of Topliss-reactive ketones (excluding diaryl/α,β-unsaturated/α-hetero) is 2. The summed E-state index contributed by atoms with van der Waals surface area (Å²) in [5.41, 5.74) is 1.93. The summed E-state index contributed by atoms with van der Waals surface area (Å²) in [5.74, 6) is -1.54. The van der Waals surface area contributed by atoms with Gasteiger partial charge in [-0.15, -0.1) is 0 Å². The lowest BCUT2D eigenvalue weighted by Crippen LogP contribution is -3.14. The van der Waals surface area contributed by atoms with Gasteiger partial charge in [-0.1, -0.05) is 13.8 Å². The Hall–Kier alpha value is -3.10. The van der Waals surface area contributed by atoms with Crippen molar-refractivity contribution in [2.75, 3.05) is 46.0 Å². The number of quaternary nitrogens is 1. The summed E-state index contributed by atoms with van der Waals surface area (Å²) in [6.45, 7) is 11.3. The molecule has 1 amide bonds. The lowest BCUT2D eigenvalue weighted by Gasteiger charge is -2.28. The number of aryl methyl sites for hydroxylation is 1. The van der Waals surface area contributed by atoms with Gasteiger partial charge < -0.3 is 19.3 Å². The number of morpholine rings is 1. The molecule has 2 unspecified atom stereocenters. The van der Waals surface area contributed by atoms with E-state index in [-0.39, 0.29) is 5.78 Å². The number of aromatic amines is 1. The molecule has 1 aromatic heterocycles. The maximum Gasteiger partial charge on any atom is 0.291 e. The average Bonchev–Trinajstić information content (AvgIpc) is 3.13. The Morgan fingerprint density at radius 1 is 1.22 bits per heavy atom. The highest BCUT2D eigenvalue weighted by Gasteiger charge is 2.52. The Kier molecular flexibility index (Phi) is 8.48. The minimum Gasteiger partial charge on any atom is -0.493 e. The van der Waals surface area contributed by atoms with Crippen molar-refractivity contribution in [2.24, 2.45) is 11.8 Å². The minimum atomic E-state index is -1.08. The molecule has 2 fully saturated rings. The van der Waals surface area contributed by atoms with Crippen molar-refractivity contribution in [3.63, 3.8) is 0 Å². The lowest BCUT2D eigenvalue weighted by atomic mass is 9.85. The first kappa shape index (κ1) is 26.0. The summed E-state index contributed by atoms with van der Waals surface area (Å²) < 4.78 is 11.2. The minimum absolute atomic E-state index is 0.323. The van der Waals surface area contributed by atoms with Crippen LogP contribution in [0.25, 0.3) is 0 Å². The quantitative estimate of drug-likeness (QED) is 0.303. The van der Waals surface area contributed by atoms with Crippen LogP contribution in [0.5, 0.6) is 5.75 Å². The Morgan fingerprint density at radius 2 is 2.00 bits per heavy atom. The lowest BCUT2D eigenvalue weighted by molar-refractivity contribution is -0.908. The molecule has 0 aliphatic carbocycles. The number of benzene rings is 1. The largest absolute Gasteiger partial charge is 0.493 e. The molecule has 2 atom stereocenters. The molecular weight excluding hydrogens is 458 g/mol. The van der Waals surface area contributed by atoms with E-state index in [1.165, 1.54) is 4.90 Å². The normalized spacial score (nSPS) is 20.8. The van der Waals surface area contributed by atoms with E-state index < -0.39 is 23.7 Å². The molecule has 2 aromatic rings. The molecule has 0 saturated carbocycles. The number of aromatic nitrogens is 1. The number of ether oxygens (including phenoxy) is 2. The molecule has 36 heavy (non-hydrogen) atoms. The van der Waals surface area contributed by atoms with Gasteiger partial charge in [0.05, 0.1) is 32.4 Å². The third-order valence-corrected chi connectivity index (χ3v) is 6.94. The Morgan fingerprint density at radius 3 is 2.67 bits per heavy atom. The van der Waals surface area contributed by atoms with Crippen LogP contribution in [0.2, 0.25) is 0 Å². The Balaban J connectivity index is 1.57. The highest BCUT2D eigenvalue weighted by atomic mass is 16.5.